The van der Waals surface area contributed by atoms with Gasteiger partial charge in [-0.25, -0.2) is 4.68 Å². The molecule has 3 aromatic rings. The Morgan fingerprint density at radius 3 is 2.51 bits per heavy atom. The van der Waals surface area contributed by atoms with Crippen molar-refractivity contribution in [1.29, 1.82) is 0 Å². The Morgan fingerprint density at radius 2 is 1.76 bits per heavy atom. The maximum absolute atomic E-state index is 12.8. The zero-order valence-electron chi connectivity index (χ0n) is 21.5. The van der Waals surface area contributed by atoms with Crippen LogP contribution in [0.1, 0.15) is 54.4 Å². The molecule has 0 bridgehead atoms. The quantitative estimate of drug-likeness (QED) is 0.314. The average molecular weight is 544 g/mol. The molecule has 7 nitrogen and oxygen atoms in total. The molecule has 1 saturated heterocycles. The topological polar surface area (TPSA) is 66.3 Å². The number of anilines is 1. The fraction of sp³-hybridized carbons (Fsp3) is 0.464. The van der Waals surface area contributed by atoms with Gasteiger partial charge in [0.05, 0.1) is 28.0 Å². The molecule has 1 N–H and O–H groups in total. The molecule has 0 radical (unpaired) electrons. The molecule has 37 heavy (non-hydrogen) atoms. The van der Waals surface area contributed by atoms with Crippen LogP contribution in [0.25, 0.3) is 0 Å². The second-order valence-electron chi connectivity index (χ2n) is 9.50. The molecule has 0 aliphatic carbocycles. The zero-order valence-corrected chi connectivity index (χ0v) is 23.0. The van der Waals surface area contributed by atoms with E-state index in [0.29, 0.717) is 28.8 Å². The van der Waals surface area contributed by atoms with Gasteiger partial charge in [0.1, 0.15) is 0 Å². The Kier molecular flexibility index (Phi) is 10.2. The van der Waals surface area contributed by atoms with E-state index in [9.17, 15) is 4.79 Å². The smallest absolute Gasteiger partial charge is 0.273 e. The molecule has 2 heterocycles. The Labute approximate surface area is 229 Å². The summed E-state index contributed by atoms with van der Waals surface area (Å²) in [6.07, 6.45) is 4.85. The van der Waals surface area contributed by atoms with E-state index in [1.54, 1.807) is 0 Å². The molecule has 4 rings (SSSR count). The number of carbonyl (C=O) groups excluding carboxylic acids is 1. The third kappa shape index (κ3) is 7.46. The number of rotatable bonds is 12. The van der Waals surface area contributed by atoms with Gasteiger partial charge in [0, 0.05) is 32.7 Å². The first kappa shape index (κ1) is 27.4. The van der Waals surface area contributed by atoms with Gasteiger partial charge in [-0.05, 0) is 43.5 Å². The Balaban J connectivity index is 1.15. The summed E-state index contributed by atoms with van der Waals surface area (Å²) in [4.78, 5) is 17.6. The van der Waals surface area contributed by atoms with Crippen molar-refractivity contribution in [2.45, 2.75) is 45.6 Å². The summed E-state index contributed by atoms with van der Waals surface area (Å²) >= 11 is 12.6. The van der Waals surface area contributed by atoms with Crippen molar-refractivity contribution in [3.63, 3.8) is 0 Å². The molecule has 0 unspecified atom stereocenters. The number of hydrogen-bond acceptors (Lipinski definition) is 5. The lowest BCUT2D eigenvalue weighted by molar-refractivity contribution is 0.0946. The summed E-state index contributed by atoms with van der Waals surface area (Å²) in [6, 6.07) is 15.9. The van der Waals surface area contributed by atoms with Crippen LogP contribution in [0.3, 0.4) is 0 Å². The first-order valence-electron chi connectivity index (χ1n) is 13.2. The summed E-state index contributed by atoms with van der Waals surface area (Å²) in [6.45, 7) is 8.36. The Hall–Kier alpha value is -2.61. The molecular formula is C28H36Cl2N6O. The van der Waals surface area contributed by atoms with Crippen LogP contribution < -0.4 is 10.2 Å². The van der Waals surface area contributed by atoms with Gasteiger partial charge in [-0.1, -0.05) is 84.6 Å². The lowest BCUT2D eigenvalue weighted by Gasteiger charge is -2.36. The summed E-state index contributed by atoms with van der Waals surface area (Å²) in [5.74, 6) is -0.126. The van der Waals surface area contributed by atoms with Crippen molar-refractivity contribution >= 4 is 34.8 Å². The van der Waals surface area contributed by atoms with Crippen molar-refractivity contribution in [3.8, 4) is 0 Å². The van der Waals surface area contributed by atoms with Crippen LogP contribution in [-0.4, -0.2) is 65.1 Å². The third-order valence-corrected chi connectivity index (χ3v) is 7.60. The van der Waals surface area contributed by atoms with E-state index in [2.05, 4.69) is 44.5 Å². The molecule has 198 valence electrons. The number of nitrogens with zero attached hydrogens (tertiary/aromatic N) is 5. The van der Waals surface area contributed by atoms with Gasteiger partial charge < -0.3 is 10.2 Å². The maximum atomic E-state index is 12.8. The zero-order chi connectivity index (χ0) is 26.0. The molecule has 1 aliphatic heterocycles. The highest BCUT2D eigenvalue weighted by atomic mass is 35.5. The van der Waals surface area contributed by atoms with Gasteiger partial charge in [-0.2, -0.15) is 0 Å². The third-order valence-electron chi connectivity index (χ3n) is 6.80. The van der Waals surface area contributed by atoms with E-state index in [4.69, 9.17) is 23.2 Å². The fourth-order valence-electron chi connectivity index (χ4n) is 4.75. The minimum atomic E-state index is -0.126. The Bertz CT molecular complexity index is 1140. The van der Waals surface area contributed by atoms with Crippen molar-refractivity contribution in [1.82, 2.24) is 25.2 Å². The molecule has 0 atom stereocenters. The summed E-state index contributed by atoms with van der Waals surface area (Å²) in [5.41, 5.74) is 3.52. The van der Waals surface area contributed by atoms with Crippen molar-refractivity contribution in [3.05, 3.63) is 75.5 Å². The fourth-order valence-corrected chi connectivity index (χ4v) is 5.16. The van der Waals surface area contributed by atoms with E-state index >= 15 is 0 Å². The molecule has 1 amide bonds. The lowest BCUT2D eigenvalue weighted by Crippen LogP contribution is -2.46. The van der Waals surface area contributed by atoms with Crippen LogP contribution in [0.2, 0.25) is 10.0 Å². The molecule has 1 fully saturated rings. The van der Waals surface area contributed by atoms with Crippen LogP contribution in [0.4, 0.5) is 5.69 Å². The second-order valence-corrected chi connectivity index (χ2v) is 10.3. The standard InChI is InChI=1S/C28H36Cl2N6O/c1-2-10-25-27(32-33-36(25)21-22-11-5-3-6-12-22)28(37)31-15-7-4-8-16-34-17-19-35(20-18-34)24-14-9-13-23(29)26(24)30/h3,5-6,9,11-14H,2,4,7-8,10,15-21H2,1H3,(H,31,37). The highest BCUT2D eigenvalue weighted by molar-refractivity contribution is 6.43. The monoisotopic (exact) mass is 542 g/mol. The van der Waals surface area contributed by atoms with Crippen molar-refractivity contribution in [2.75, 3.05) is 44.2 Å². The van der Waals surface area contributed by atoms with E-state index in [1.165, 1.54) is 0 Å². The molecular weight excluding hydrogens is 507 g/mol. The number of halogens is 2. The van der Waals surface area contributed by atoms with Crippen molar-refractivity contribution in [2.24, 2.45) is 0 Å². The minimum absolute atomic E-state index is 0.126. The molecule has 0 spiro atoms. The van der Waals surface area contributed by atoms with Gasteiger partial charge in [-0.3, -0.25) is 9.69 Å². The number of amides is 1. The van der Waals surface area contributed by atoms with Gasteiger partial charge in [0.15, 0.2) is 5.69 Å². The number of hydrogen-bond donors (Lipinski definition) is 1. The summed E-state index contributed by atoms with van der Waals surface area (Å²) in [7, 11) is 0. The predicted molar refractivity (Wildman–Crippen MR) is 151 cm³/mol. The number of unbranched alkanes of at least 4 members (excludes halogenated alkanes) is 2. The second kappa shape index (κ2) is 13.8. The molecule has 2 aromatic carbocycles. The number of carbonyl (C=O) groups is 1. The van der Waals surface area contributed by atoms with Crippen LogP contribution in [-0.2, 0) is 13.0 Å². The minimum Gasteiger partial charge on any atom is -0.368 e. The van der Waals surface area contributed by atoms with E-state index in [-0.39, 0.29) is 5.91 Å². The van der Waals surface area contributed by atoms with Gasteiger partial charge in [0.25, 0.3) is 5.91 Å². The number of nitrogens with one attached hydrogen (secondary N) is 1. The first-order chi connectivity index (χ1) is 18.1. The van der Waals surface area contributed by atoms with Crippen LogP contribution in [0.15, 0.2) is 48.5 Å². The van der Waals surface area contributed by atoms with E-state index < -0.39 is 0 Å². The SMILES string of the molecule is CCCc1c(C(=O)NCCCCCN2CCN(c3cccc(Cl)c3Cl)CC2)nnn1Cc1ccccc1. The summed E-state index contributed by atoms with van der Waals surface area (Å²) in [5, 5.41) is 12.8. The highest BCUT2D eigenvalue weighted by Gasteiger charge is 2.20. The van der Waals surface area contributed by atoms with E-state index in [0.717, 1.165) is 81.8 Å². The Morgan fingerprint density at radius 1 is 0.973 bits per heavy atom. The van der Waals surface area contributed by atoms with Crippen LogP contribution in [0.5, 0.6) is 0 Å². The number of piperazine rings is 1. The largest absolute Gasteiger partial charge is 0.368 e. The predicted octanol–water partition coefficient (Wildman–Crippen LogP) is 5.31. The maximum Gasteiger partial charge on any atom is 0.273 e. The van der Waals surface area contributed by atoms with E-state index in [1.807, 2.05) is 41.1 Å². The van der Waals surface area contributed by atoms with Crippen LogP contribution >= 0.6 is 23.2 Å². The molecule has 1 aliphatic rings. The molecule has 9 heteroatoms. The lowest BCUT2D eigenvalue weighted by atomic mass is 10.1. The highest BCUT2D eigenvalue weighted by Crippen LogP contribution is 2.32. The summed E-state index contributed by atoms with van der Waals surface area (Å²) < 4.78 is 1.85. The van der Waals surface area contributed by atoms with Crippen LogP contribution in [0, 0.1) is 0 Å². The first-order valence-corrected chi connectivity index (χ1v) is 14.0. The molecule has 1 aromatic heterocycles. The number of benzene rings is 2. The number of aromatic nitrogens is 3. The van der Waals surface area contributed by atoms with Crippen molar-refractivity contribution < 1.29 is 4.79 Å². The average Bonchev–Trinajstić information content (AvgIpc) is 3.31. The van der Waals surface area contributed by atoms with Gasteiger partial charge in [-0.15, -0.1) is 5.10 Å². The van der Waals surface area contributed by atoms with Gasteiger partial charge in [0.2, 0.25) is 0 Å². The normalized spacial score (nSPS) is 14.2. The molecule has 0 saturated carbocycles. The van der Waals surface area contributed by atoms with Gasteiger partial charge >= 0.3 is 0 Å².